The van der Waals surface area contributed by atoms with Crippen LogP contribution in [0.15, 0.2) is 28.7 Å². The lowest BCUT2D eigenvalue weighted by molar-refractivity contribution is -0.149. The smallest absolute Gasteiger partial charge is 0.326 e. The summed E-state index contributed by atoms with van der Waals surface area (Å²) >= 11 is 4.53. The van der Waals surface area contributed by atoms with Gasteiger partial charge in [0.05, 0.1) is 6.04 Å². The largest absolute Gasteiger partial charge is 0.454 e. The van der Waals surface area contributed by atoms with Crippen molar-refractivity contribution in [1.82, 2.24) is 10.2 Å². The van der Waals surface area contributed by atoms with Crippen LogP contribution in [0.2, 0.25) is 0 Å². The maximum absolute atomic E-state index is 11.8. The molecule has 1 saturated heterocycles. The van der Waals surface area contributed by atoms with Crippen LogP contribution in [0.4, 0.5) is 4.79 Å². The van der Waals surface area contributed by atoms with Gasteiger partial charge in [-0.05, 0) is 24.6 Å². The Morgan fingerprint density at radius 2 is 2.09 bits per heavy atom. The Kier molecular flexibility index (Phi) is 6.47. The number of carbonyl (C=O) groups excluding carboxylic acids is 3. The predicted octanol–water partition coefficient (Wildman–Crippen LogP) is 2.34. The summed E-state index contributed by atoms with van der Waals surface area (Å²) in [4.78, 5) is 36.2. The molecule has 0 aromatic heterocycles. The van der Waals surface area contributed by atoms with E-state index in [0.29, 0.717) is 12.3 Å². The number of nitrogens with zero attached hydrogens (tertiary/aromatic N) is 1. The SMILES string of the molecule is C[C@@H](NC(=O)COC(=O)CN1CCSC1=O)c1ccc(Br)cc1. The topological polar surface area (TPSA) is 75.7 Å². The summed E-state index contributed by atoms with van der Waals surface area (Å²) < 4.78 is 5.87. The Labute approximate surface area is 147 Å². The second-order valence-electron chi connectivity index (χ2n) is 5.04. The lowest BCUT2D eigenvalue weighted by atomic mass is 10.1. The molecule has 2 amide bonds. The van der Waals surface area contributed by atoms with Gasteiger partial charge in [0.2, 0.25) is 0 Å². The van der Waals surface area contributed by atoms with E-state index in [4.69, 9.17) is 4.74 Å². The summed E-state index contributed by atoms with van der Waals surface area (Å²) in [6, 6.07) is 7.40. The van der Waals surface area contributed by atoms with Gasteiger partial charge in [-0.1, -0.05) is 39.8 Å². The minimum absolute atomic E-state index is 0.110. The Bertz CT molecular complexity index is 594. The van der Waals surface area contributed by atoms with Gasteiger partial charge < -0.3 is 15.0 Å². The lowest BCUT2D eigenvalue weighted by Gasteiger charge is -2.16. The summed E-state index contributed by atoms with van der Waals surface area (Å²) in [7, 11) is 0. The fourth-order valence-electron chi connectivity index (χ4n) is 2.03. The molecule has 0 spiro atoms. The highest BCUT2D eigenvalue weighted by molar-refractivity contribution is 9.10. The third kappa shape index (κ3) is 5.54. The first-order valence-electron chi connectivity index (χ1n) is 7.08. The number of halogens is 1. The van der Waals surface area contributed by atoms with Crippen LogP contribution in [0.3, 0.4) is 0 Å². The average Bonchev–Trinajstić information content (AvgIpc) is 2.91. The third-order valence-corrected chi connectivity index (χ3v) is 4.70. The van der Waals surface area contributed by atoms with Gasteiger partial charge in [0, 0.05) is 16.8 Å². The van der Waals surface area contributed by atoms with Crippen molar-refractivity contribution in [2.75, 3.05) is 25.4 Å². The number of carbonyl (C=O) groups is 3. The number of amides is 2. The Morgan fingerprint density at radius 1 is 1.39 bits per heavy atom. The van der Waals surface area contributed by atoms with Crippen molar-refractivity contribution < 1.29 is 19.1 Å². The molecule has 1 aliphatic heterocycles. The minimum atomic E-state index is -0.577. The number of esters is 1. The fourth-order valence-corrected chi connectivity index (χ4v) is 3.12. The Morgan fingerprint density at radius 3 is 2.70 bits per heavy atom. The van der Waals surface area contributed by atoms with E-state index in [2.05, 4.69) is 21.2 Å². The quantitative estimate of drug-likeness (QED) is 0.741. The second kappa shape index (κ2) is 8.35. The maximum atomic E-state index is 11.8. The molecule has 0 saturated carbocycles. The number of hydrogen-bond acceptors (Lipinski definition) is 5. The molecule has 124 valence electrons. The van der Waals surface area contributed by atoms with Gasteiger partial charge in [0.1, 0.15) is 6.54 Å². The van der Waals surface area contributed by atoms with Crippen LogP contribution in [0.5, 0.6) is 0 Å². The number of hydrogen-bond donors (Lipinski definition) is 1. The molecule has 0 bridgehead atoms. The van der Waals surface area contributed by atoms with E-state index in [0.717, 1.165) is 10.0 Å². The van der Waals surface area contributed by atoms with Crippen LogP contribution in [0.1, 0.15) is 18.5 Å². The van der Waals surface area contributed by atoms with Crippen LogP contribution in [0, 0.1) is 0 Å². The van der Waals surface area contributed by atoms with E-state index in [9.17, 15) is 14.4 Å². The normalized spacial score (nSPS) is 15.4. The molecule has 1 aliphatic rings. The third-order valence-electron chi connectivity index (χ3n) is 3.28. The standard InChI is InChI=1S/C15H17BrN2O4S/c1-10(11-2-4-12(16)5-3-11)17-13(19)9-22-14(20)8-18-6-7-23-15(18)21/h2-5,10H,6-9H2,1H3,(H,17,19)/t10-/m1/s1. The molecule has 0 radical (unpaired) electrons. The molecule has 23 heavy (non-hydrogen) atoms. The van der Waals surface area contributed by atoms with E-state index < -0.39 is 5.97 Å². The molecule has 2 rings (SSSR count). The van der Waals surface area contributed by atoms with Crippen LogP contribution >= 0.6 is 27.7 Å². The summed E-state index contributed by atoms with van der Waals surface area (Å²) in [5, 5.41) is 2.63. The van der Waals surface area contributed by atoms with Gasteiger partial charge in [0.15, 0.2) is 6.61 Å². The molecule has 1 aromatic rings. The van der Waals surface area contributed by atoms with E-state index in [-0.39, 0.29) is 30.3 Å². The van der Waals surface area contributed by atoms with Crippen LogP contribution in [-0.2, 0) is 14.3 Å². The van der Waals surface area contributed by atoms with Gasteiger partial charge in [-0.3, -0.25) is 14.4 Å². The molecule has 1 atom stereocenters. The van der Waals surface area contributed by atoms with Gasteiger partial charge in [-0.15, -0.1) is 0 Å². The van der Waals surface area contributed by atoms with Crippen molar-refractivity contribution in [2.45, 2.75) is 13.0 Å². The molecule has 8 heteroatoms. The number of ether oxygens (including phenoxy) is 1. The fraction of sp³-hybridized carbons (Fsp3) is 0.400. The van der Waals surface area contributed by atoms with E-state index >= 15 is 0 Å². The monoisotopic (exact) mass is 400 g/mol. The highest BCUT2D eigenvalue weighted by Crippen LogP contribution is 2.17. The zero-order chi connectivity index (χ0) is 16.8. The van der Waals surface area contributed by atoms with E-state index in [1.54, 1.807) is 0 Å². The molecular formula is C15H17BrN2O4S. The molecule has 1 aromatic carbocycles. The molecule has 1 fully saturated rings. The minimum Gasteiger partial charge on any atom is -0.454 e. The zero-order valence-electron chi connectivity index (χ0n) is 12.6. The number of thioether (sulfide) groups is 1. The zero-order valence-corrected chi connectivity index (χ0v) is 15.0. The number of nitrogens with one attached hydrogen (secondary N) is 1. The van der Waals surface area contributed by atoms with Crippen LogP contribution in [0.25, 0.3) is 0 Å². The average molecular weight is 401 g/mol. The summed E-state index contributed by atoms with van der Waals surface area (Å²) in [5.41, 5.74) is 0.951. The van der Waals surface area contributed by atoms with Crippen molar-refractivity contribution in [1.29, 1.82) is 0 Å². The number of rotatable bonds is 6. The van der Waals surface area contributed by atoms with Crippen molar-refractivity contribution >= 4 is 44.8 Å². The van der Waals surface area contributed by atoms with Gasteiger partial charge in [-0.25, -0.2) is 0 Å². The molecule has 1 N–H and O–H groups in total. The maximum Gasteiger partial charge on any atom is 0.326 e. The van der Waals surface area contributed by atoms with Gasteiger partial charge in [0.25, 0.3) is 11.1 Å². The predicted molar refractivity (Wildman–Crippen MR) is 91.1 cm³/mol. The highest BCUT2D eigenvalue weighted by atomic mass is 79.9. The van der Waals surface area contributed by atoms with Gasteiger partial charge in [-0.2, -0.15) is 0 Å². The van der Waals surface area contributed by atoms with Gasteiger partial charge >= 0.3 is 5.97 Å². The summed E-state index contributed by atoms with van der Waals surface area (Å²) in [6.45, 7) is 1.92. The second-order valence-corrected chi connectivity index (χ2v) is 7.00. The van der Waals surface area contributed by atoms with Crippen molar-refractivity contribution in [3.63, 3.8) is 0 Å². The first kappa shape index (κ1) is 17.8. The van der Waals surface area contributed by atoms with Crippen LogP contribution in [-0.4, -0.2) is 47.5 Å². The first-order chi connectivity index (χ1) is 11.0. The first-order valence-corrected chi connectivity index (χ1v) is 8.85. The Balaban J connectivity index is 1.72. The van der Waals surface area contributed by atoms with Crippen molar-refractivity contribution in [2.24, 2.45) is 0 Å². The van der Waals surface area contributed by atoms with E-state index in [1.165, 1.54) is 16.7 Å². The van der Waals surface area contributed by atoms with Crippen LogP contribution < -0.4 is 5.32 Å². The number of benzene rings is 1. The molecule has 1 heterocycles. The molecule has 0 unspecified atom stereocenters. The van der Waals surface area contributed by atoms with Crippen molar-refractivity contribution in [3.8, 4) is 0 Å². The molecule has 6 nitrogen and oxygen atoms in total. The van der Waals surface area contributed by atoms with Crippen molar-refractivity contribution in [3.05, 3.63) is 34.3 Å². The molecular weight excluding hydrogens is 384 g/mol. The lowest BCUT2D eigenvalue weighted by Crippen LogP contribution is -2.35. The Hall–Kier alpha value is -1.54. The highest BCUT2D eigenvalue weighted by Gasteiger charge is 2.24. The summed E-state index contributed by atoms with van der Waals surface area (Å²) in [6.07, 6.45) is 0. The molecule has 0 aliphatic carbocycles. The van der Waals surface area contributed by atoms with E-state index in [1.807, 2.05) is 31.2 Å². The summed E-state index contributed by atoms with van der Waals surface area (Å²) in [5.74, 6) is -0.278.